The average Bonchev–Trinajstić information content (AvgIpc) is 2.38. The third kappa shape index (κ3) is 3.78. The molecule has 0 aliphatic heterocycles. The second-order valence-corrected chi connectivity index (χ2v) is 4.73. The van der Waals surface area contributed by atoms with Crippen molar-refractivity contribution in [3.63, 3.8) is 0 Å². The Morgan fingerprint density at radius 2 is 1.80 bits per heavy atom. The molecule has 0 atom stereocenters. The number of nitrogens with zero attached hydrogens (tertiary/aromatic N) is 2. The summed E-state index contributed by atoms with van der Waals surface area (Å²) >= 11 is 0. The zero-order valence-corrected chi connectivity index (χ0v) is 11.4. The maximum Gasteiger partial charge on any atom is 0.307 e. The zero-order chi connectivity index (χ0) is 14.5. The number of carbonyl (C=O) groups is 1. The van der Waals surface area contributed by atoms with Gasteiger partial charge in [0.1, 0.15) is 5.75 Å². The maximum atomic E-state index is 10.7. The third-order valence-electron chi connectivity index (χ3n) is 2.57. The molecule has 104 valence electrons. The van der Waals surface area contributed by atoms with Crippen LogP contribution in [0.1, 0.15) is 19.4 Å². The molecular weight excluding hydrogens is 256 g/mol. The van der Waals surface area contributed by atoms with Crippen LogP contribution < -0.4 is 4.74 Å². The number of rotatable bonds is 5. The summed E-state index contributed by atoms with van der Waals surface area (Å²) in [6.45, 7) is 3.89. The molecule has 0 spiro atoms. The number of aliphatic carboxylic acids is 1. The Hall–Kier alpha value is -2.43. The summed E-state index contributed by atoms with van der Waals surface area (Å²) in [6, 6.07) is 3.67. The molecule has 2 aromatic rings. The Balaban J connectivity index is 2.29. The highest BCUT2D eigenvalue weighted by atomic mass is 16.5. The van der Waals surface area contributed by atoms with Crippen molar-refractivity contribution in [1.82, 2.24) is 9.97 Å². The standard InChI is InChI=1S/C15H16N2O3/c1-10(2)20-14-5-13(8-17-9-14)12-3-11(4-15(18)19)6-16-7-12/h3,5-10H,4H2,1-2H3,(H,18,19). The first-order chi connectivity index (χ1) is 9.54. The molecular formula is C15H16N2O3. The van der Waals surface area contributed by atoms with Crippen LogP contribution in [0.2, 0.25) is 0 Å². The van der Waals surface area contributed by atoms with Crippen molar-refractivity contribution in [2.75, 3.05) is 0 Å². The van der Waals surface area contributed by atoms with Crippen LogP contribution in [0.15, 0.2) is 36.9 Å². The highest BCUT2D eigenvalue weighted by Crippen LogP contribution is 2.23. The fraction of sp³-hybridized carbons (Fsp3) is 0.267. The van der Waals surface area contributed by atoms with Crippen molar-refractivity contribution < 1.29 is 14.6 Å². The van der Waals surface area contributed by atoms with Crippen molar-refractivity contribution in [3.8, 4) is 16.9 Å². The molecule has 0 saturated heterocycles. The van der Waals surface area contributed by atoms with Crippen LogP contribution in [0.3, 0.4) is 0 Å². The Kier molecular flexibility index (Phi) is 4.30. The van der Waals surface area contributed by atoms with Gasteiger partial charge in [0.25, 0.3) is 0 Å². The predicted octanol–water partition coefficient (Wildman–Crippen LogP) is 2.56. The SMILES string of the molecule is CC(C)Oc1cncc(-c2cncc(CC(=O)O)c2)c1. The van der Waals surface area contributed by atoms with Gasteiger partial charge in [-0.2, -0.15) is 0 Å². The van der Waals surface area contributed by atoms with Gasteiger partial charge < -0.3 is 9.84 Å². The van der Waals surface area contributed by atoms with Gasteiger partial charge in [0, 0.05) is 29.7 Å². The van der Waals surface area contributed by atoms with Crippen LogP contribution in [-0.2, 0) is 11.2 Å². The first-order valence-corrected chi connectivity index (χ1v) is 6.32. The van der Waals surface area contributed by atoms with E-state index in [4.69, 9.17) is 9.84 Å². The summed E-state index contributed by atoms with van der Waals surface area (Å²) in [5, 5.41) is 8.81. The van der Waals surface area contributed by atoms with E-state index in [1.54, 1.807) is 30.9 Å². The van der Waals surface area contributed by atoms with Gasteiger partial charge in [-0.15, -0.1) is 0 Å². The van der Waals surface area contributed by atoms with Crippen molar-refractivity contribution in [2.24, 2.45) is 0 Å². The van der Waals surface area contributed by atoms with E-state index in [1.165, 1.54) is 0 Å². The van der Waals surface area contributed by atoms with E-state index in [0.29, 0.717) is 11.3 Å². The lowest BCUT2D eigenvalue weighted by Gasteiger charge is -2.10. The van der Waals surface area contributed by atoms with Gasteiger partial charge in [-0.1, -0.05) is 0 Å². The molecule has 0 amide bonds. The number of hydrogen-bond donors (Lipinski definition) is 1. The number of carboxylic acid groups (broad SMARTS) is 1. The van der Waals surface area contributed by atoms with E-state index in [2.05, 4.69) is 9.97 Å². The van der Waals surface area contributed by atoms with Crippen LogP contribution in [-0.4, -0.2) is 27.1 Å². The maximum absolute atomic E-state index is 10.7. The number of pyridine rings is 2. The van der Waals surface area contributed by atoms with Crippen LogP contribution in [0.25, 0.3) is 11.1 Å². The Bertz CT molecular complexity index is 612. The summed E-state index contributed by atoms with van der Waals surface area (Å²) in [5.74, 6) is -0.194. The lowest BCUT2D eigenvalue weighted by molar-refractivity contribution is -0.136. The highest BCUT2D eigenvalue weighted by molar-refractivity contribution is 5.71. The van der Waals surface area contributed by atoms with Crippen LogP contribution in [0.4, 0.5) is 0 Å². The van der Waals surface area contributed by atoms with E-state index in [1.807, 2.05) is 19.9 Å². The number of carboxylic acids is 1. The lowest BCUT2D eigenvalue weighted by atomic mass is 10.1. The first kappa shape index (κ1) is 14.0. The molecule has 5 nitrogen and oxygen atoms in total. The summed E-state index contributed by atoms with van der Waals surface area (Å²) in [6.07, 6.45) is 6.62. The highest BCUT2D eigenvalue weighted by Gasteiger charge is 2.06. The van der Waals surface area contributed by atoms with Crippen molar-refractivity contribution >= 4 is 5.97 Å². The Morgan fingerprint density at radius 1 is 1.15 bits per heavy atom. The van der Waals surface area contributed by atoms with Crippen LogP contribution >= 0.6 is 0 Å². The van der Waals surface area contributed by atoms with Gasteiger partial charge in [0.15, 0.2) is 0 Å². The minimum atomic E-state index is -0.876. The molecule has 0 aromatic carbocycles. The Labute approximate surface area is 117 Å². The smallest absolute Gasteiger partial charge is 0.307 e. The van der Waals surface area contributed by atoms with Gasteiger partial charge in [-0.3, -0.25) is 14.8 Å². The zero-order valence-electron chi connectivity index (χ0n) is 11.4. The lowest BCUT2D eigenvalue weighted by Crippen LogP contribution is -2.05. The molecule has 2 heterocycles. The molecule has 0 aliphatic rings. The molecule has 0 unspecified atom stereocenters. The average molecular weight is 272 g/mol. The van der Waals surface area contributed by atoms with Crippen LogP contribution in [0, 0.1) is 0 Å². The fourth-order valence-electron chi connectivity index (χ4n) is 1.83. The largest absolute Gasteiger partial charge is 0.489 e. The van der Waals surface area contributed by atoms with Gasteiger partial charge in [-0.05, 0) is 31.5 Å². The van der Waals surface area contributed by atoms with Crippen molar-refractivity contribution in [3.05, 3.63) is 42.5 Å². The quantitative estimate of drug-likeness (QED) is 0.905. The third-order valence-corrected chi connectivity index (χ3v) is 2.57. The van der Waals surface area contributed by atoms with E-state index in [-0.39, 0.29) is 12.5 Å². The topological polar surface area (TPSA) is 72.3 Å². The summed E-state index contributed by atoms with van der Waals surface area (Å²) in [4.78, 5) is 18.9. The molecule has 20 heavy (non-hydrogen) atoms. The number of hydrogen-bond acceptors (Lipinski definition) is 4. The molecule has 2 aromatic heterocycles. The van der Waals surface area contributed by atoms with E-state index in [0.717, 1.165) is 11.1 Å². The summed E-state index contributed by atoms with van der Waals surface area (Å²) in [7, 11) is 0. The van der Waals surface area contributed by atoms with Crippen LogP contribution in [0.5, 0.6) is 5.75 Å². The van der Waals surface area contributed by atoms with E-state index < -0.39 is 5.97 Å². The van der Waals surface area contributed by atoms with Crippen molar-refractivity contribution in [1.29, 1.82) is 0 Å². The summed E-state index contributed by atoms with van der Waals surface area (Å²) < 4.78 is 5.59. The van der Waals surface area contributed by atoms with Crippen molar-refractivity contribution in [2.45, 2.75) is 26.4 Å². The number of aromatic nitrogens is 2. The summed E-state index contributed by atoms with van der Waals surface area (Å²) in [5.41, 5.74) is 2.33. The van der Waals surface area contributed by atoms with Gasteiger partial charge in [0.2, 0.25) is 0 Å². The molecule has 0 bridgehead atoms. The minimum Gasteiger partial charge on any atom is -0.489 e. The molecule has 0 fully saturated rings. The van der Waals surface area contributed by atoms with Gasteiger partial charge >= 0.3 is 5.97 Å². The molecule has 2 rings (SSSR count). The molecule has 5 heteroatoms. The van der Waals surface area contributed by atoms with E-state index >= 15 is 0 Å². The molecule has 0 radical (unpaired) electrons. The fourth-order valence-corrected chi connectivity index (χ4v) is 1.83. The Morgan fingerprint density at radius 3 is 2.45 bits per heavy atom. The molecule has 0 aliphatic carbocycles. The monoisotopic (exact) mass is 272 g/mol. The second kappa shape index (κ2) is 6.14. The molecule has 1 N–H and O–H groups in total. The number of ether oxygens (including phenoxy) is 1. The first-order valence-electron chi connectivity index (χ1n) is 6.32. The second-order valence-electron chi connectivity index (χ2n) is 4.73. The normalized spacial score (nSPS) is 10.6. The van der Waals surface area contributed by atoms with Gasteiger partial charge in [0.05, 0.1) is 18.7 Å². The van der Waals surface area contributed by atoms with Gasteiger partial charge in [-0.25, -0.2) is 0 Å². The van der Waals surface area contributed by atoms with E-state index in [9.17, 15) is 4.79 Å². The molecule has 0 saturated carbocycles. The predicted molar refractivity (Wildman–Crippen MR) is 74.6 cm³/mol. The minimum absolute atomic E-state index is 0.0452.